The summed E-state index contributed by atoms with van der Waals surface area (Å²) in [5.74, 6) is -3.10. The Morgan fingerprint density at radius 1 is 1.00 bits per heavy atom. The number of halogens is 6. The van der Waals surface area contributed by atoms with Gasteiger partial charge in [0.15, 0.2) is 0 Å². The van der Waals surface area contributed by atoms with E-state index in [9.17, 15) is 36.2 Å². The number of carboxylic acid groups (broad SMARTS) is 1. The van der Waals surface area contributed by atoms with Gasteiger partial charge in [-0.1, -0.05) is 18.2 Å². The quantitative estimate of drug-likeness (QED) is 0.464. The molecule has 2 aliphatic rings. The molecule has 2 aromatic carbocycles. The van der Waals surface area contributed by atoms with Crippen molar-refractivity contribution in [1.29, 1.82) is 0 Å². The SMILES string of the molecule is O=C(O)[C@@H]1CCCN(Cc2ccc3c(C(F)(F)F)c(O[C@H]4CC[C@@H](C(F)(F)F)CC4)ccc3c2)C1. The number of alkyl halides is 6. The lowest BCUT2D eigenvalue weighted by Crippen LogP contribution is -2.38. The minimum Gasteiger partial charge on any atom is -0.490 e. The van der Waals surface area contributed by atoms with Gasteiger partial charge >= 0.3 is 18.3 Å². The minimum absolute atomic E-state index is 0.0372. The van der Waals surface area contributed by atoms with Crippen LogP contribution in [0.5, 0.6) is 5.75 Å². The number of ether oxygens (including phenoxy) is 1. The number of carboxylic acids is 1. The van der Waals surface area contributed by atoms with Crippen LogP contribution in [-0.4, -0.2) is 41.3 Å². The number of piperidine rings is 1. The molecular weight excluding hydrogens is 476 g/mol. The maximum atomic E-state index is 14.1. The van der Waals surface area contributed by atoms with Crippen molar-refractivity contribution in [3.8, 4) is 5.75 Å². The standard InChI is InChI=1S/C25H27F6NO3/c26-24(27,28)18-5-7-19(8-6-18)35-21-10-4-16-12-15(3-9-20(16)22(21)25(29,30)31)13-32-11-1-2-17(14-32)23(33)34/h3-4,9-10,12,17-19H,1-2,5-8,11,13-14H2,(H,33,34)/t17-,18-,19+/m1/s1. The molecule has 1 saturated heterocycles. The third kappa shape index (κ3) is 6.02. The fourth-order valence-corrected chi connectivity index (χ4v) is 5.19. The monoisotopic (exact) mass is 503 g/mol. The summed E-state index contributed by atoms with van der Waals surface area (Å²) < 4.78 is 86.5. The summed E-state index contributed by atoms with van der Waals surface area (Å²) in [6, 6.07) is 7.42. The first kappa shape index (κ1) is 25.6. The van der Waals surface area contributed by atoms with Crippen LogP contribution in [0.25, 0.3) is 10.8 Å². The van der Waals surface area contributed by atoms with E-state index in [1.54, 1.807) is 12.1 Å². The summed E-state index contributed by atoms with van der Waals surface area (Å²) >= 11 is 0. The molecule has 2 fully saturated rings. The Morgan fingerprint density at radius 3 is 2.34 bits per heavy atom. The van der Waals surface area contributed by atoms with Crippen LogP contribution in [0.4, 0.5) is 26.3 Å². The van der Waals surface area contributed by atoms with E-state index in [2.05, 4.69) is 0 Å². The normalized spacial score (nSPS) is 24.5. The number of hydrogen-bond donors (Lipinski definition) is 1. The van der Waals surface area contributed by atoms with Gasteiger partial charge in [0, 0.05) is 13.1 Å². The Morgan fingerprint density at radius 2 is 1.71 bits per heavy atom. The van der Waals surface area contributed by atoms with Gasteiger partial charge in [0.2, 0.25) is 0 Å². The number of benzene rings is 2. The first-order valence-electron chi connectivity index (χ1n) is 11.7. The summed E-state index contributed by atoms with van der Waals surface area (Å²) in [4.78, 5) is 13.3. The second-order valence-corrected chi connectivity index (χ2v) is 9.54. The van der Waals surface area contributed by atoms with Crippen LogP contribution in [0.2, 0.25) is 0 Å². The van der Waals surface area contributed by atoms with Crippen LogP contribution in [0.1, 0.15) is 49.7 Å². The van der Waals surface area contributed by atoms with Crippen LogP contribution >= 0.6 is 0 Å². The van der Waals surface area contributed by atoms with Crippen molar-refractivity contribution >= 4 is 16.7 Å². The third-order valence-corrected chi connectivity index (χ3v) is 7.02. The van der Waals surface area contributed by atoms with E-state index >= 15 is 0 Å². The Kier molecular flexibility index (Phi) is 7.22. The maximum absolute atomic E-state index is 14.1. The summed E-state index contributed by atoms with van der Waals surface area (Å²) in [5.41, 5.74) is -0.154. The van der Waals surface area contributed by atoms with Crippen LogP contribution in [0, 0.1) is 11.8 Å². The van der Waals surface area contributed by atoms with Crippen LogP contribution in [0.3, 0.4) is 0 Å². The van der Waals surface area contributed by atoms with Crippen molar-refractivity contribution < 1.29 is 41.0 Å². The number of hydrogen-bond acceptors (Lipinski definition) is 3. The number of aliphatic carboxylic acids is 1. The molecule has 1 saturated carbocycles. The largest absolute Gasteiger partial charge is 0.490 e. The molecule has 0 amide bonds. The van der Waals surface area contributed by atoms with Crippen LogP contribution in [-0.2, 0) is 17.5 Å². The lowest BCUT2D eigenvalue weighted by atomic mass is 9.87. The van der Waals surface area contributed by atoms with E-state index in [0.29, 0.717) is 24.9 Å². The Hall–Kier alpha value is -2.49. The number of nitrogens with zero attached hydrogens (tertiary/aromatic N) is 1. The summed E-state index contributed by atoms with van der Waals surface area (Å²) in [6.45, 7) is 1.55. The van der Waals surface area contributed by atoms with Crippen molar-refractivity contribution in [3.63, 3.8) is 0 Å². The molecule has 35 heavy (non-hydrogen) atoms. The zero-order valence-corrected chi connectivity index (χ0v) is 19.0. The Balaban J connectivity index is 1.54. The molecule has 10 heteroatoms. The highest BCUT2D eigenvalue weighted by Crippen LogP contribution is 2.44. The van der Waals surface area contributed by atoms with E-state index in [1.165, 1.54) is 18.2 Å². The molecule has 1 heterocycles. The molecule has 1 N–H and O–H groups in total. The van der Waals surface area contributed by atoms with Gasteiger partial charge in [-0.05, 0) is 73.5 Å². The molecule has 0 bridgehead atoms. The molecule has 4 nitrogen and oxygen atoms in total. The number of carbonyl (C=O) groups is 1. The molecule has 4 rings (SSSR count). The smallest absolute Gasteiger partial charge is 0.420 e. The van der Waals surface area contributed by atoms with E-state index in [0.717, 1.165) is 18.5 Å². The van der Waals surface area contributed by atoms with Gasteiger partial charge in [-0.3, -0.25) is 9.69 Å². The average Bonchev–Trinajstić information content (AvgIpc) is 2.78. The first-order valence-corrected chi connectivity index (χ1v) is 11.7. The fourth-order valence-electron chi connectivity index (χ4n) is 5.19. The average molecular weight is 503 g/mol. The molecular formula is C25H27F6NO3. The predicted octanol–water partition coefficient (Wildman–Crippen LogP) is 6.66. The topological polar surface area (TPSA) is 49.8 Å². The third-order valence-electron chi connectivity index (χ3n) is 7.02. The zero-order valence-electron chi connectivity index (χ0n) is 19.0. The van der Waals surface area contributed by atoms with E-state index < -0.39 is 41.8 Å². The first-order chi connectivity index (χ1) is 16.4. The molecule has 1 aliphatic heterocycles. The summed E-state index contributed by atoms with van der Waals surface area (Å²) in [6.07, 6.45) is -8.58. The van der Waals surface area contributed by atoms with Crippen LogP contribution < -0.4 is 4.74 Å². The predicted molar refractivity (Wildman–Crippen MR) is 117 cm³/mol. The summed E-state index contributed by atoms with van der Waals surface area (Å²) in [7, 11) is 0. The van der Waals surface area contributed by atoms with Crippen molar-refractivity contribution in [2.75, 3.05) is 13.1 Å². The molecule has 0 unspecified atom stereocenters. The maximum Gasteiger partial charge on any atom is 0.420 e. The molecule has 1 aliphatic carbocycles. The highest BCUT2D eigenvalue weighted by Gasteiger charge is 2.42. The van der Waals surface area contributed by atoms with Gasteiger partial charge in [0.25, 0.3) is 0 Å². The van der Waals surface area contributed by atoms with Crippen LogP contribution in [0.15, 0.2) is 30.3 Å². The molecule has 1 atom stereocenters. The molecule has 0 aromatic heterocycles. The van der Waals surface area contributed by atoms with Gasteiger partial charge in [-0.25, -0.2) is 0 Å². The fraction of sp³-hybridized carbons (Fsp3) is 0.560. The number of fused-ring (bicyclic) bond motifs is 1. The van der Waals surface area contributed by atoms with Crippen molar-refractivity contribution in [3.05, 3.63) is 41.5 Å². The van der Waals surface area contributed by atoms with Crippen molar-refractivity contribution in [2.24, 2.45) is 11.8 Å². The van der Waals surface area contributed by atoms with Crippen molar-refractivity contribution in [1.82, 2.24) is 4.90 Å². The van der Waals surface area contributed by atoms with Gasteiger partial charge < -0.3 is 9.84 Å². The molecule has 0 radical (unpaired) electrons. The van der Waals surface area contributed by atoms with E-state index in [-0.39, 0.29) is 36.8 Å². The minimum atomic E-state index is -4.71. The highest BCUT2D eigenvalue weighted by atomic mass is 19.4. The van der Waals surface area contributed by atoms with Gasteiger partial charge in [0.05, 0.1) is 17.9 Å². The molecule has 192 valence electrons. The van der Waals surface area contributed by atoms with Crippen molar-refractivity contribution in [2.45, 2.75) is 63.5 Å². The second-order valence-electron chi connectivity index (χ2n) is 9.54. The molecule has 0 spiro atoms. The molecule has 2 aromatic rings. The van der Waals surface area contributed by atoms with Gasteiger partial charge in [-0.2, -0.15) is 26.3 Å². The van der Waals surface area contributed by atoms with Gasteiger partial charge in [0.1, 0.15) is 11.3 Å². The summed E-state index contributed by atoms with van der Waals surface area (Å²) in [5, 5.41) is 9.60. The second kappa shape index (κ2) is 9.87. The van der Waals surface area contributed by atoms with Gasteiger partial charge in [-0.15, -0.1) is 0 Å². The lowest BCUT2D eigenvalue weighted by molar-refractivity contribution is -0.185. The Labute approximate surface area is 198 Å². The Bertz CT molecular complexity index is 1060. The number of rotatable bonds is 5. The van der Waals surface area contributed by atoms with E-state index in [4.69, 9.17) is 4.74 Å². The number of likely N-dealkylation sites (tertiary alicyclic amines) is 1. The van der Waals surface area contributed by atoms with E-state index in [1.807, 2.05) is 4.90 Å². The highest BCUT2D eigenvalue weighted by molar-refractivity contribution is 5.89. The zero-order chi connectivity index (χ0) is 25.4. The lowest BCUT2D eigenvalue weighted by Gasteiger charge is -2.31.